The van der Waals surface area contributed by atoms with Crippen LogP contribution in [0.1, 0.15) is 37.2 Å². The number of aliphatic hydroxyl groups excluding tert-OH is 1. The van der Waals surface area contributed by atoms with Crippen molar-refractivity contribution in [3.63, 3.8) is 0 Å². The highest BCUT2D eigenvalue weighted by Crippen LogP contribution is 2.33. The number of carboxylic acid groups (broad SMARTS) is 1. The number of aliphatic hydroxyl groups is 1. The van der Waals surface area contributed by atoms with Gasteiger partial charge in [0.2, 0.25) is 10.0 Å². The predicted octanol–water partition coefficient (Wildman–Crippen LogP) is 2.28. The molecule has 0 amide bonds. The number of sulfonamides is 1. The van der Waals surface area contributed by atoms with Crippen molar-refractivity contribution in [1.82, 2.24) is 5.32 Å². The van der Waals surface area contributed by atoms with E-state index < -0.39 is 22.1 Å². The molecule has 11 heteroatoms. The Morgan fingerprint density at radius 1 is 1.06 bits per heavy atom. The number of aliphatic carboxylic acids is 1. The van der Waals surface area contributed by atoms with E-state index in [1.807, 2.05) is 12.1 Å². The van der Waals surface area contributed by atoms with Crippen molar-refractivity contribution in [2.75, 3.05) is 30.7 Å². The highest BCUT2D eigenvalue weighted by atomic mass is 32.2. The Labute approximate surface area is 204 Å². The zero-order chi connectivity index (χ0) is 25.4. The van der Waals surface area contributed by atoms with Crippen molar-refractivity contribution < 1.29 is 38.0 Å². The molecule has 3 rings (SSSR count). The molecule has 1 saturated carbocycles. The average molecular weight is 509 g/mol. The number of ether oxygens (including phenoxy) is 2. The second kappa shape index (κ2) is 12.1. The zero-order valence-corrected chi connectivity index (χ0v) is 20.3. The molecule has 1 fully saturated rings. The maximum Gasteiger partial charge on any atom is 0.341 e. The topological polar surface area (TPSA) is 154 Å². The molecule has 1 aliphatic rings. The van der Waals surface area contributed by atoms with Crippen LogP contribution in [0, 0.1) is 0 Å². The third-order valence-corrected chi connectivity index (χ3v) is 6.38. The van der Waals surface area contributed by atoms with Gasteiger partial charge in [0.05, 0.1) is 11.9 Å². The average Bonchev–Trinajstić information content (AvgIpc) is 2.81. The predicted molar refractivity (Wildman–Crippen MR) is 131 cm³/mol. The molecule has 0 bridgehead atoms. The van der Waals surface area contributed by atoms with Crippen molar-refractivity contribution in [3.8, 4) is 17.2 Å². The minimum absolute atomic E-state index is 0.0109. The largest absolute Gasteiger partial charge is 0.506 e. The molecule has 35 heavy (non-hydrogen) atoms. The number of phenolic OH excluding ortho intramolecular Hbond substituents is 1. The summed E-state index contributed by atoms with van der Waals surface area (Å²) in [6, 6.07) is 12.0. The molecule has 0 saturated heterocycles. The van der Waals surface area contributed by atoms with Crippen molar-refractivity contribution in [1.29, 1.82) is 0 Å². The van der Waals surface area contributed by atoms with E-state index in [1.165, 1.54) is 23.8 Å². The lowest BCUT2D eigenvalue weighted by molar-refractivity contribution is -0.139. The van der Waals surface area contributed by atoms with Crippen LogP contribution in [0.25, 0.3) is 0 Å². The molecule has 2 aromatic carbocycles. The summed E-state index contributed by atoms with van der Waals surface area (Å²) in [7, 11) is -3.55. The van der Waals surface area contributed by atoms with Crippen LogP contribution in [0.15, 0.2) is 42.5 Å². The normalized spacial score (nSPS) is 19.0. The molecule has 5 N–H and O–H groups in total. The minimum Gasteiger partial charge on any atom is -0.506 e. The molecular weight excluding hydrogens is 476 g/mol. The van der Waals surface area contributed by atoms with Crippen LogP contribution in [0.5, 0.6) is 17.2 Å². The highest BCUT2D eigenvalue weighted by molar-refractivity contribution is 7.92. The monoisotopic (exact) mass is 508 g/mol. The summed E-state index contributed by atoms with van der Waals surface area (Å²) in [6.07, 6.45) is 4.17. The fourth-order valence-electron chi connectivity index (χ4n) is 4.05. The number of anilines is 1. The molecule has 1 aliphatic carbocycles. The van der Waals surface area contributed by atoms with Crippen molar-refractivity contribution in [2.24, 2.45) is 0 Å². The summed E-state index contributed by atoms with van der Waals surface area (Å²) in [6.45, 7) is 0.0165. The van der Waals surface area contributed by atoms with Gasteiger partial charge in [-0.1, -0.05) is 12.1 Å². The molecule has 0 spiro atoms. The van der Waals surface area contributed by atoms with Crippen LogP contribution < -0.4 is 19.5 Å². The first-order chi connectivity index (χ1) is 16.6. The number of rotatable bonds is 12. The Balaban J connectivity index is 1.38. The van der Waals surface area contributed by atoms with Crippen LogP contribution in [0.3, 0.4) is 0 Å². The molecule has 192 valence electrons. The Morgan fingerprint density at radius 2 is 1.71 bits per heavy atom. The number of carbonyl (C=O) groups is 1. The van der Waals surface area contributed by atoms with E-state index in [1.54, 1.807) is 12.1 Å². The van der Waals surface area contributed by atoms with E-state index in [9.17, 15) is 23.4 Å². The summed E-state index contributed by atoms with van der Waals surface area (Å²) in [5, 5.41) is 32.1. The van der Waals surface area contributed by atoms with Gasteiger partial charge in [-0.05, 0) is 61.4 Å². The number of hydrogen-bond acceptors (Lipinski definition) is 8. The van der Waals surface area contributed by atoms with Crippen LogP contribution >= 0.6 is 0 Å². The van der Waals surface area contributed by atoms with Gasteiger partial charge in [-0.25, -0.2) is 13.2 Å². The molecule has 0 heterocycles. The molecular formula is C24H32N2O8S. The number of nitrogens with one attached hydrogen (secondary N) is 2. The van der Waals surface area contributed by atoms with Gasteiger partial charge in [-0.15, -0.1) is 0 Å². The van der Waals surface area contributed by atoms with Gasteiger partial charge in [0.1, 0.15) is 30.0 Å². The summed E-state index contributed by atoms with van der Waals surface area (Å²) in [5.74, 6) is 0.0703. The molecule has 0 aromatic heterocycles. The van der Waals surface area contributed by atoms with Gasteiger partial charge in [0.25, 0.3) is 0 Å². The molecule has 0 radical (unpaired) electrons. The summed E-state index contributed by atoms with van der Waals surface area (Å²) in [5.41, 5.74) is 1.22. The quantitative estimate of drug-likeness (QED) is 0.272. The van der Waals surface area contributed by atoms with Crippen molar-refractivity contribution in [2.45, 2.75) is 43.7 Å². The second-order valence-corrected chi connectivity index (χ2v) is 10.5. The van der Waals surface area contributed by atoms with Crippen molar-refractivity contribution >= 4 is 21.7 Å². The number of phenols is 1. The molecule has 10 nitrogen and oxygen atoms in total. The molecule has 2 aromatic rings. The lowest BCUT2D eigenvalue weighted by Gasteiger charge is -2.30. The fourth-order valence-corrected chi connectivity index (χ4v) is 4.62. The second-order valence-electron chi connectivity index (χ2n) is 8.73. The van der Waals surface area contributed by atoms with E-state index >= 15 is 0 Å². The van der Waals surface area contributed by atoms with Crippen LogP contribution in [0.2, 0.25) is 0 Å². The maximum absolute atomic E-state index is 11.4. The number of aromatic hydroxyl groups is 1. The summed E-state index contributed by atoms with van der Waals surface area (Å²) >= 11 is 0. The van der Waals surface area contributed by atoms with Gasteiger partial charge >= 0.3 is 5.97 Å². The summed E-state index contributed by atoms with van der Waals surface area (Å²) < 4.78 is 35.7. The lowest BCUT2D eigenvalue weighted by Crippen LogP contribution is -2.39. The van der Waals surface area contributed by atoms with Gasteiger partial charge in [-0.2, -0.15) is 0 Å². The van der Waals surface area contributed by atoms with Gasteiger partial charge in [0, 0.05) is 18.7 Å². The molecule has 0 aliphatic heterocycles. The third kappa shape index (κ3) is 8.93. The smallest absolute Gasteiger partial charge is 0.341 e. The fraction of sp³-hybridized carbons (Fsp3) is 0.458. The first kappa shape index (κ1) is 26.6. The third-order valence-electron chi connectivity index (χ3n) is 5.79. The first-order valence-corrected chi connectivity index (χ1v) is 13.3. The van der Waals surface area contributed by atoms with E-state index in [0.29, 0.717) is 30.0 Å². The SMILES string of the molecule is CS(=O)(=O)Nc1cc(OC[C@@H](O)CN[C@H]2CC[C@H](c3ccc(OCC(=O)O)cc3)CC2)ccc1O. The van der Waals surface area contributed by atoms with E-state index in [0.717, 1.165) is 31.9 Å². The lowest BCUT2D eigenvalue weighted by atomic mass is 9.81. The first-order valence-electron chi connectivity index (χ1n) is 11.4. The Kier molecular flexibility index (Phi) is 9.19. The highest BCUT2D eigenvalue weighted by Gasteiger charge is 2.23. The molecule has 0 unspecified atom stereocenters. The van der Waals surface area contributed by atoms with E-state index in [4.69, 9.17) is 14.6 Å². The Morgan fingerprint density at radius 3 is 2.34 bits per heavy atom. The van der Waals surface area contributed by atoms with E-state index in [-0.39, 0.29) is 24.7 Å². The number of hydrogen-bond donors (Lipinski definition) is 5. The Bertz CT molecular complexity index is 1080. The molecule has 1 atom stereocenters. The maximum atomic E-state index is 11.4. The van der Waals surface area contributed by atoms with Crippen LogP contribution in [-0.2, 0) is 14.8 Å². The standard InChI is InChI=1S/C24H32N2O8S/c1-35(31,32)26-22-12-21(10-11-23(22)28)33-14-19(27)13-25-18-6-2-16(3-7-18)17-4-8-20(9-5-17)34-15-24(29)30/h4-5,8-12,16,18-19,25-28H,2-3,6-7,13-15H2,1H3,(H,29,30)/t16-,18-,19-/m0/s1. The number of benzene rings is 2. The van der Waals surface area contributed by atoms with E-state index in [2.05, 4.69) is 10.0 Å². The summed E-state index contributed by atoms with van der Waals surface area (Å²) in [4.78, 5) is 10.6. The number of carboxylic acids is 1. The van der Waals surface area contributed by atoms with Gasteiger partial charge in [0.15, 0.2) is 6.61 Å². The van der Waals surface area contributed by atoms with Gasteiger partial charge < -0.3 is 30.1 Å². The van der Waals surface area contributed by atoms with Crippen LogP contribution in [0.4, 0.5) is 5.69 Å². The zero-order valence-electron chi connectivity index (χ0n) is 19.5. The van der Waals surface area contributed by atoms with Gasteiger partial charge in [-0.3, -0.25) is 4.72 Å². The van der Waals surface area contributed by atoms with Crippen LogP contribution in [-0.4, -0.2) is 67.9 Å². The van der Waals surface area contributed by atoms with Crippen molar-refractivity contribution in [3.05, 3.63) is 48.0 Å². The Hall–Kier alpha value is -3.02. The minimum atomic E-state index is -3.55.